The largest absolute Gasteiger partial charge is 0.492 e. The minimum Gasteiger partial charge on any atom is -0.492 e. The fraction of sp³-hybridized carbons (Fsp3) is 0.567. The Hall–Kier alpha value is -2.51. The van der Waals surface area contributed by atoms with Gasteiger partial charge in [-0.15, -0.1) is 0 Å². The Morgan fingerprint density at radius 2 is 1.70 bits per heavy atom. The van der Waals surface area contributed by atoms with Crippen LogP contribution in [0.2, 0.25) is 16.6 Å². The number of aromatic nitrogens is 1. The van der Waals surface area contributed by atoms with E-state index < -0.39 is 13.9 Å². The van der Waals surface area contributed by atoms with E-state index >= 15 is 0 Å². The van der Waals surface area contributed by atoms with Gasteiger partial charge in [-0.3, -0.25) is 9.78 Å². The summed E-state index contributed by atoms with van der Waals surface area (Å²) >= 11 is 0. The molecule has 0 aliphatic carbocycles. The second-order valence-corrected chi connectivity index (χ2v) is 17.3. The number of carbonyl (C=O) groups excluding carboxylic acids is 1. The van der Waals surface area contributed by atoms with Crippen molar-refractivity contribution < 1.29 is 14.0 Å². The van der Waals surface area contributed by atoms with E-state index in [0.29, 0.717) is 47.6 Å². The van der Waals surface area contributed by atoms with Crippen molar-refractivity contribution in [3.63, 3.8) is 0 Å². The zero-order valence-electron chi connectivity index (χ0n) is 23.6. The van der Waals surface area contributed by atoms with Gasteiger partial charge < -0.3 is 14.1 Å². The number of pyridine rings is 1. The average Bonchev–Trinajstić information content (AvgIpc) is 3.22. The van der Waals surface area contributed by atoms with Crippen molar-refractivity contribution in [1.82, 2.24) is 4.98 Å². The lowest BCUT2D eigenvalue weighted by atomic mass is 9.86. The van der Waals surface area contributed by atoms with E-state index in [9.17, 15) is 4.79 Å². The molecule has 6 nitrogen and oxygen atoms in total. The van der Waals surface area contributed by atoms with E-state index in [1.807, 2.05) is 18.3 Å². The van der Waals surface area contributed by atoms with Crippen LogP contribution in [0.15, 0.2) is 29.4 Å². The van der Waals surface area contributed by atoms with Gasteiger partial charge in [-0.1, -0.05) is 41.5 Å². The van der Waals surface area contributed by atoms with Gasteiger partial charge in [0.15, 0.2) is 5.60 Å². The lowest BCUT2D eigenvalue weighted by Crippen LogP contribution is -2.61. The standard InChI is InChI=1S/C30H41N3O3Si/c1-18(2)37(19(3)4,20(5)6)36-30-11-12-33(23-16-27-25(31-17-23)10-9-13-35-27)29(30)32-26-15-22(8)21(7)14-24(26)28(30)34/h14-20H,9-13H2,1-8H3/t30-/m1/s1. The highest BCUT2D eigenvalue weighted by atomic mass is 28.4. The Labute approximate surface area is 222 Å². The molecule has 0 amide bonds. The lowest BCUT2D eigenvalue weighted by molar-refractivity contribution is 0.0622. The summed E-state index contributed by atoms with van der Waals surface area (Å²) < 4.78 is 13.4. The third-order valence-electron chi connectivity index (χ3n) is 8.86. The molecule has 1 saturated heterocycles. The van der Waals surface area contributed by atoms with E-state index in [0.717, 1.165) is 46.8 Å². The number of hydrogen-bond acceptors (Lipinski definition) is 6. The Morgan fingerprint density at radius 1 is 1.03 bits per heavy atom. The van der Waals surface area contributed by atoms with Gasteiger partial charge in [-0.25, -0.2) is 4.99 Å². The Bertz CT molecular complexity index is 1250. The molecule has 3 aliphatic rings. The van der Waals surface area contributed by atoms with Crippen LogP contribution in [-0.4, -0.2) is 43.7 Å². The molecule has 1 atom stereocenters. The number of hydrogen-bond donors (Lipinski definition) is 0. The maximum atomic E-state index is 14.6. The SMILES string of the molecule is Cc1cc2c(cc1C)C(=O)[C@]1(O[Si](C(C)C)(C(C)C)C(C)C)CCN(c3cnc4c(c3)OCCC4)C1=N2. The number of fused-ring (bicyclic) bond motifs is 3. The Balaban J connectivity index is 1.69. The number of carbonyl (C=O) groups is 1. The number of aliphatic imine (C=N–C) groups is 1. The second-order valence-electron chi connectivity index (χ2n) is 12.0. The molecule has 2 aromatic rings. The number of aryl methyl sites for hydroxylation is 3. The van der Waals surface area contributed by atoms with Gasteiger partial charge in [-0.05, 0) is 66.6 Å². The van der Waals surface area contributed by atoms with Crippen molar-refractivity contribution in [3.05, 3.63) is 46.8 Å². The van der Waals surface area contributed by atoms with Gasteiger partial charge in [0.05, 0.1) is 29.9 Å². The van der Waals surface area contributed by atoms with Gasteiger partial charge in [0.1, 0.15) is 11.6 Å². The maximum absolute atomic E-state index is 14.6. The monoisotopic (exact) mass is 519 g/mol. The highest BCUT2D eigenvalue weighted by Crippen LogP contribution is 2.50. The zero-order chi connectivity index (χ0) is 26.7. The van der Waals surface area contributed by atoms with Crippen LogP contribution in [-0.2, 0) is 10.8 Å². The first kappa shape index (κ1) is 26.1. The summed E-state index contributed by atoms with van der Waals surface area (Å²) in [7, 11) is -2.42. The number of nitrogens with zero attached hydrogens (tertiary/aromatic N) is 3. The summed E-state index contributed by atoms with van der Waals surface area (Å²) in [5.74, 6) is 1.61. The Kier molecular flexibility index (Phi) is 6.60. The zero-order valence-corrected chi connectivity index (χ0v) is 24.6. The number of Topliss-reactive ketones (excluding diaryl/α,β-unsaturated/α-hetero) is 1. The summed E-state index contributed by atoms with van der Waals surface area (Å²) in [6, 6.07) is 6.12. The van der Waals surface area contributed by atoms with Crippen molar-refractivity contribution >= 4 is 31.3 Å². The Morgan fingerprint density at radius 3 is 2.38 bits per heavy atom. The average molecular weight is 520 g/mol. The van der Waals surface area contributed by atoms with Crippen molar-refractivity contribution in [1.29, 1.82) is 0 Å². The van der Waals surface area contributed by atoms with E-state index in [1.165, 1.54) is 0 Å². The van der Waals surface area contributed by atoms with Crippen molar-refractivity contribution in [2.75, 3.05) is 18.1 Å². The predicted octanol–water partition coefficient (Wildman–Crippen LogP) is 7.09. The normalized spacial score (nSPS) is 21.2. The highest BCUT2D eigenvalue weighted by Gasteiger charge is 2.60. The molecule has 5 rings (SSSR count). The molecule has 0 N–H and O–H groups in total. The topological polar surface area (TPSA) is 64.0 Å². The number of benzene rings is 1. The molecule has 0 spiro atoms. The van der Waals surface area contributed by atoms with Gasteiger partial charge in [0.2, 0.25) is 14.1 Å². The van der Waals surface area contributed by atoms with Crippen LogP contribution in [0.3, 0.4) is 0 Å². The van der Waals surface area contributed by atoms with Gasteiger partial charge in [-0.2, -0.15) is 0 Å². The molecule has 4 heterocycles. The van der Waals surface area contributed by atoms with Crippen LogP contribution in [0.4, 0.5) is 11.4 Å². The van der Waals surface area contributed by atoms with Crippen molar-refractivity contribution in [2.24, 2.45) is 4.99 Å². The predicted molar refractivity (Wildman–Crippen MR) is 152 cm³/mol. The van der Waals surface area contributed by atoms with Crippen LogP contribution in [0.25, 0.3) is 0 Å². The van der Waals surface area contributed by atoms with Crippen LogP contribution in [0.1, 0.15) is 81.6 Å². The first-order valence-corrected chi connectivity index (χ1v) is 16.0. The van der Waals surface area contributed by atoms with Crippen molar-refractivity contribution in [3.8, 4) is 5.75 Å². The van der Waals surface area contributed by atoms with E-state index in [2.05, 4.69) is 66.4 Å². The molecular weight excluding hydrogens is 478 g/mol. The molecule has 0 radical (unpaired) electrons. The molecule has 0 bridgehead atoms. The minimum atomic E-state index is -2.42. The molecule has 37 heavy (non-hydrogen) atoms. The number of ketones is 1. The fourth-order valence-electron chi connectivity index (χ4n) is 6.87. The third kappa shape index (κ3) is 3.97. The number of amidine groups is 1. The van der Waals surface area contributed by atoms with Crippen LogP contribution in [0.5, 0.6) is 5.75 Å². The summed E-state index contributed by atoms with van der Waals surface area (Å²) in [5.41, 5.74) is 5.54. The first-order chi connectivity index (χ1) is 17.5. The van der Waals surface area contributed by atoms with Crippen LogP contribution in [0, 0.1) is 13.8 Å². The minimum absolute atomic E-state index is 0.0547. The van der Waals surface area contributed by atoms with E-state index in [1.54, 1.807) is 0 Å². The summed E-state index contributed by atoms with van der Waals surface area (Å²) in [6.45, 7) is 19.1. The maximum Gasteiger partial charge on any atom is 0.203 e. The molecule has 1 fully saturated rings. The quantitative estimate of drug-likeness (QED) is 0.381. The lowest BCUT2D eigenvalue weighted by Gasteiger charge is -2.48. The molecule has 1 aromatic carbocycles. The third-order valence-corrected chi connectivity index (χ3v) is 15.0. The summed E-state index contributed by atoms with van der Waals surface area (Å²) in [6.07, 6.45) is 4.41. The van der Waals surface area contributed by atoms with Crippen LogP contribution >= 0.6 is 0 Å². The van der Waals surface area contributed by atoms with Gasteiger partial charge >= 0.3 is 0 Å². The second kappa shape index (κ2) is 9.35. The highest BCUT2D eigenvalue weighted by molar-refractivity contribution is 6.78. The molecule has 0 saturated carbocycles. The molecule has 198 valence electrons. The molecule has 0 unspecified atom stereocenters. The van der Waals surface area contributed by atoms with Gasteiger partial charge in [0, 0.05) is 24.6 Å². The number of rotatable bonds is 6. The molecule has 3 aliphatic heterocycles. The smallest absolute Gasteiger partial charge is 0.203 e. The van der Waals surface area contributed by atoms with Crippen LogP contribution < -0.4 is 9.64 Å². The van der Waals surface area contributed by atoms with Crippen molar-refractivity contribution in [2.45, 2.75) is 96.9 Å². The summed E-state index contributed by atoms with van der Waals surface area (Å²) in [5, 5.41) is 0. The number of anilines is 1. The van der Waals surface area contributed by atoms with Gasteiger partial charge in [0.25, 0.3) is 0 Å². The molecular formula is C30H41N3O3Si. The summed E-state index contributed by atoms with van der Waals surface area (Å²) in [4.78, 5) is 26.7. The van der Waals surface area contributed by atoms with E-state index in [4.69, 9.17) is 19.1 Å². The fourth-order valence-corrected chi connectivity index (χ4v) is 12.5. The first-order valence-electron chi connectivity index (χ1n) is 13.9. The molecule has 7 heteroatoms. The molecule has 1 aromatic heterocycles. The number of ether oxygens (including phenoxy) is 1. The van der Waals surface area contributed by atoms with E-state index in [-0.39, 0.29) is 5.78 Å².